The summed E-state index contributed by atoms with van der Waals surface area (Å²) in [5.41, 5.74) is 0. The van der Waals surface area contributed by atoms with E-state index in [1.165, 1.54) is 0 Å². The quantitative estimate of drug-likeness (QED) is 0.548. The first kappa shape index (κ1) is 18.0. The minimum atomic E-state index is -0.397. The number of carbonyl (C=O) groups excluding carboxylic acids is 2. The van der Waals surface area contributed by atoms with Crippen LogP contribution < -0.4 is 16.0 Å². The SMILES string of the molecule is CC(C)NC(=O)N[C@H]1CC[C@@H](CCNC(=O)C2CC2)O[C@@H]1CO. The maximum atomic E-state index is 11.8. The predicted molar refractivity (Wildman–Crippen MR) is 85.9 cm³/mol. The first-order valence-corrected chi connectivity index (χ1v) is 8.60. The maximum absolute atomic E-state index is 11.8. The highest BCUT2D eigenvalue weighted by atomic mass is 16.5. The third-order valence-corrected chi connectivity index (χ3v) is 4.25. The zero-order chi connectivity index (χ0) is 16.8. The fraction of sp³-hybridized carbons (Fsp3) is 0.875. The molecule has 132 valence electrons. The molecule has 4 N–H and O–H groups in total. The summed E-state index contributed by atoms with van der Waals surface area (Å²) in [7, 11) is 0. The second kappa shape index (κ2) is 8.49. The molecule has 3 atom stereocenters. The molecule has 2 rings (SSSR count). The fourth-order valence-electron chi connectivity index (χ4n) is 2.83. The van der Waals surface area contributed by atoms with Crippen molar-refractivity contribution in [3.05, 3.63) is 0 Å². The molecular weight excluding hydrogens is 298 g/mol. The van der Waals surface area contributed by atoms with Crippen molar-refractivity contribution in [1.29, 1.82) is 0 Å². The first-order chi connectivity index (χ1) is 11.0. The Morgan fingerprint density at radius 2 is 1.96 bits per heavy atom. The minimum absolute atomic E-state index is 0.0119. The smallest absolute Gasteiger partial charge is 0.315 e. The molecule has 0 aromatic heterocycles. The molecule has 1 aliphatic heterocycles. The van der Waals surface area contributed by atoms with E-state index in [-0.39, 0.29) is 42.7 Å². The van der Waals surface area contributed by atoms with Crippen molar-refractivity contribution in [3.8, 4) is 0 Å². The van der Waals surface area contributed by atoms with E-state index in [9.17, 15) is 14.7 Å². The van der Waals surface area contributed by atoms with E-state index >= 15 is 0 Å². The van der Waals surface area contributed by atoms with Crippen LogP contribution >= 0.6 is 0 Å². The molecule has 2 fully saturated rings. The Balaban J connectivity index is 1.69. The highest BCUT2D eigenvalue weighted by Gasteiger charge is 2.32. The molecule has 0 aromatic rings. The molecule has 1 saturated carbocycles. The van der Waals surface area contributed by atoms with Gasteiger partial charge in [-0.05, 0) is 46.0 Å². The number of aliphatic hydroxyl groups excluding tert-OH is 1. The van der Waals surface area contributed by atoms with Crippen LogP contribution in [0.3, 0.4) is 0 Å². The van der Waals surface area contributed by atoms with Crippen LogP contribution in [-0.4, -0.2) is 54.5 Å². The minimum Gasteiger partial charge on any atom is -0.394 e. The molecule has 0 radical (unpaired) electrons. The van der Waals surface area contributed by atoms with E-state index in [1.54, 1.807) is 0 Å². The van der Waals surface area contributed by atoms with Crippen LogP contribution in [0.25, 0.3) is 0 Å². The van der Waals surface area contributed by atoms with Gasteiger partial charge in [-0.1, -0.05) is 0 Å². The third-order valence-electron chi connectivity index (χ3n) is 4.25. The summed E-state index contributed by atoms with van der Waals surface area (Å²) >= 11 is 0. The molecule has 2 aliphatic rings. The number of urea groups is 1. The summed E-state index contributed by atoms with van der Waals surface area (Å²) in [5.74, 6) is 0.366. The maximum Gasteiger partial charge on any atom is 0.315 e. The van der Waals surface area contributed by atoms with Gasteiger partial charge in [-0.15, -0.1) is 0 Å². The fourth-order valence-corrected chi connectivity index (χ4v) is 2.83. The van der Waals surface area contributed by atoms with E-state index < -0.39 is 6.10 Å². The van der Waals surface area contributed by atoms with Gasteiger partial charge in [0.25, 0.3) is 0 Å². The Morgan fingerprint density at radius 3 is 2.57 bits per heavy atom. The molecule has 0 aromatic carbocycles. The van der Waals surface area contributed by atoms with Gasteiger partial charge in [-0.25, -0.2) is 4.79 Å². The van der Waals surface area contributed by atoms with Gasteiger partial charge in [0, 0.05) is 18.5 Å². The van der Waals surface area contributed by atoms with Crippen LogP contribution in [0.5, 0.6) is 0 Å². The van der Waals surface area contributed by atoms with E-state index in [0.29, 0.717) is 6.54 Å². The van der Waals surface area contributed by atoms with Gasteiger partial charge in [-0.3, -0.25) is 4.79 Å². The number of ether oxygens (including phenoxy) is 1. The Kier molecular flexibility index (Phi) is 6.65. The lowest BCUT2D eigenvalue weighted by atomic mass is 9.97. The van der Waals surface area contributed by atoms with Crippen molar-refractivity contribution in [3.63, 3.8) is 0 Å². The Bertz CT molecular complexity index is 412. The molecule has 0 unspecified atom stereocenters. The molecular formula is C16H29N3O4. The van der Waals surface area contributed by atoms with Crippen molar-refractivity contribution < 1.29 is 19.4 Å². The van der Waals surface area contributed by atoms with Gasteiger partial charge < -0.3 is 25.8 Å². The highest BCUT2D eigenvalue weighted by Crippen LogP contribution is 2.28. The number of rotatable bonds is 7. The Labute approximate surface area is 137 Å². The molecule has 0 spiro atoms. The van der Waals surface area contributed by atoms with E-state index in [1.807, 2.05) is 13.8 Å². The number of hydrogen-bond acceptors (Lipinski definition) is 4. The molecule has 3 amide bonds. The van der Waals surface area contributed by atoms with Crippen LogP contribution in [0, 0.1) is 5.92 Å². The van der Waals surface area contributed by atoms with Crippen LogP contribution in [0.15, 0.2) is 0 Å². The summed E-state index contributed by atoms with van der Waals surface area (Å²) in [4.78, 5) is 23.4. The molecule has 0 bridgehead atoms. The van der Waals surface area contributed by atoms with E-state index in [2.05, 4.69) is 16.0 Å². The largest absolute Gasteiger partial charge is 0.394 e. The molecule has 7 heteroatoms. The van der Waals surface area contributed by atoms with Gasteiger partial charge in [0.1, 0.15) is 6.10 Å². The van der Waals surface area contributed by atoms with E-state index in [4.69, 9.17) is 4.74 Å². The second-order valence-electron chi connectivity index (χ2n) is 6.79. The van der Waals surface area contributed by atoms with Crippen molar-refractivity contribution in [2.45, 2.75) is 70.2 Å². The average Bonchev–Trinajstić information content (AvgIpc) is 3.32. The molecule has 7 nitrogen and oxygen atoms in total. The predicted octanol–water partition coefficient (Wildman–Crippen LogP) is 0.519. The monoisotopic (exact) mass is 327 g/mol. The number of nitrogens with one attached hydrogen (secondary N) is 3. The van der Waals surface area contributed by atoms with Crippen molar-refractivity contribution in [2.75, 3.05) is 13.2 Å². The van der Waals surface area contributed by atoms with Crippen molar-refractivity contribution in [1.82, 2.24) is 16.0 Å². The number of hydrogen-bond donors (Lipinski definition) is 4. The highest BCUT2D eigenvalue weighted by molar-refractivity contribution is 5.80. The third kappa shape index (κ3) is 5.99. The lowest BCUT2D eigenvalue weighted by molar-refractivity contribution is -0.122. The zero-order valence-electron chi connectivity index (χ0n) is 14.0. The lowest BCUT2D eigenvalue weighted by Gasteiger charge is -2.36. The Hall–Kier alpha value is -1.34. The summed E-state index contributed by atoms with van der Waals surface area (Å²) in [6.07, 6.45) is 3.93. The van der Waals surface area contributed by atoms with Crippen molar-refractivity contribution in [2.24, 2.45) is 5.92 Å². The number of carbonyl (C=O) groups is 2. The first-order valence-electron chi connectivity index (χ1n) is 8.60. The number of aliphatic hydroxyl groups is 1. The van der Waals surface area contributed by atoms with Gasteiger partial charge in [0.2, 0.25) is 5.91 Å². The Morgan fingerprint density at radius 1 is 1.22 bits per heavy atom. The van der Waals surface area contributed by atoms with Crippen LogP contribution in [0.2, 0.25) is 0 Å². The topological polar surface area (TPSA) is 99.7 Å². The van der Waals surface area contributed by atoms with Gasteiger partial charge in [-0.2, -0.15) is 0 Å². The summed E-state index contributed by atoms with van der Waals surface area (Å²) in [5, 5.41) is 18.1. The average molecular weight is 327 g/mol. The molecule has 23 heavy (non-hydrogen) atoms. The zero-order valence-corrected chi connectivity index (χ0v) is 14.0. The lowest BCUT2D eigenvalue weighted by Crippen LogP contribution is -2.54. The van der Waals surface area contributed by atoms with Gasteiger partial charge >= 0.3 is 6.03 Å². The van der Waals surface area contributed by atoms with Crippen LogP contribution in [-0.2, 0) is 9.53 Å². The molecule has 1 saturated heterocycles. The standard InChI is InChI=1S/C16H29N3O4/c1-10(2)18-16(22)19-13-6-5-12(23-14(13)9-20)7-8-17-15(21)11-3-4-11/h10-14,20H,3-9H2,1-2H3,(H,17,21)(H2,18,19,22)/t12-,13-,14+/m0/s1. The summed E-state index contributed by atoms with van der Waals surface area (Å²) < 4.78 is 5.87. The molecule has 1 aliphatic carbocycles. The summed E-state index contributed by atoms with van der Waals surface area (Å²) in [6, 6.07) is -0.354. The van der Waals surface area contributed by atoms with Gasteiger partial charge in [0.15, 0.2) is 0 Å². The van der Waals surface area contributed by atoms with Crippen molar-refractivity contribution >= 4 is 11.9 Å². The van der Waals surface area contributed by atoms with Gasteiger partial charge in [0.05, 0.1) is 18.8 Å². The number of amides is 3. The second-order valence-corrected chi connectivity index (χ2v) is 6.79. The van der Waals surface area contributed by atoms with E-state index in [0.717, 1.165) is 32.1 Å². The summed E-state index contributed by atoms with van der Waals surface area (Å²) in [6.45, 7) is 4.26. The van der Waals surface area contributed by atoms with Crippen LogP contribution in [0.1, 0.15) is 46.0 Å². The van der Waals surface area contributed by atoms with Crippen LogP contribution in [0.4, 0.5) is 4.79 Å². The molecule has 1 heterocycles. The normalized spacial score (nSPS) is 27.6.